The lowest BCUT2D eigenvalue weighted by Gasteiger charge is -2.19. The average molecular weight is 499 g/mol. The number of fused-ring (bicyclic) bond motifs is 1. The molecule has 0 spiro atoms. The Bertz CT molecular complexity index is 1300. The maximum atomic E-state index is 13.0. The minimum absolute atomic E-state index is 0.0773. The lowest BCUT2D eigenvalue weighted by Crippen LogP contribution is -2.26. The van der Waals surface area contributed by atoms with Crippen LogP contribution in [-0.2, 0) is 27.6 Å². The lowest BCUT2D eigenvalue weighted by molar-refractivity contribution is 0.0601. The van der Waals surface area contributed by atoms with Crippen LogP contribution in [0, 0.1) is 0 Å². The number of ether oxygens (including phenoxy) is 1. The molecule has 1 heterocycles. The number of carbonyl (C=O) groups is 2. The number of amides is 1. The summed E-state index contributed by atoms with van der Waals surface area (Å²) in [6.45, 7) is 0. The van der Waals surface area contributed by atoms with Crippen LogP contribution in [0.5, 0.6) is 0 Å². The van der Waals surface area contributed by atoms with Gasteiger partial charge in [0.25, 0.3) is 15.9 Å². The highest BCUT2D eigenvalue weighted by Crippen LogP contribution is 2.38. The van der Waals surface area contributed by atoms with E-state index in [9.17, 15) is 18.0 Å². The summed E-state index contributed by atoms with van der Waals surface area (Å²) < 4.78 is 32.1. The molecule has 0 saturated carbocycles. The summed E-state index contributed by atoms with van der Waals surface area (Å²) in [6, 6.07) is 14.5. The molecular weight excluding hydrogens is 472 g/mol. The Morgan fingerprint density at radius 3 is 2.32 bits per heavy atom. The van der Waals surface area contributed by atoms with Gasteiger partial charge in [0, 0.05) is 17.5 Å². The van der Waals surface area contributed by atoms with Gasteiger partial charge >= 0.3 is 5.97 Å². The van der Waals surface area contributed by atoms with E-state index in [1.807, 2.05) is 6.07 Å². The monoisotopic (exact) mass is 498 g/mol. The normalized spacial score (nSPS) is 13.5. The number of aryl methyl sites for hydroxylation is 1. The van der Waals surface area contributed by atoms with Crippen molar-refractivity contribution in [2.24, 2.45) is 0 Å². The number of nitrogens with one attached hydrogen (secondary N) is 1. The van der Waals surface area contributed by atoms with Gasteiger partial charge in [-0.1, -0.05) is 24.6 Å². The smallest absolute Gasteiger partial charge is 0.341 e. The summed E-state index contributed by atoms with van der Waals surface area (Å²) >= 11 is 1.42. The molecule has 0 radical (unpaired) electrons. The molecule has 178 valence electrons. The van der Waals surface area contributed by atoms with Crippen LogP contribution in [-0.4, -0.2) is 34.5 Å². The number of carbonyl (C=O) groups excluding carboxylic acids is 2. The van der Waals surface area contributed by atoms with Gasteiger partial charge < -0.3 is 10.1 Å². The van der Waals surface area contributed by atoms with Crippen molar-refractivity contribution in [2.75, 3.05) is 23.8 Å². The van der Waals surface area contributed by atoms with Crippen molar-refractivity contribution in [3.8, 4) is 0 Å². The third-order valence-corrected chi connectivity index (χ3v) is 8.94. The SMILES string of the molecule is COC(=O)c1c(NC(=O)c2ccc(S(=O)(=O)N(C)c3ccccc3)cc2)sc2c1CCCCC2. The molecular formula is C25H26N2O5S2. The van der Waals surface area contributed by atoms with E-state index in [0.717, 1.165) is 42.5 Å². The molecule has 1 amide bonds. The number of para-hydroxylation sites is 1. The maximum Gasteiger partial charge on any atom is 0.341 e. The molecule has 1 N–H and O–H groups in total. The Kier molecular flexibility index (Phi) is 7.04. The van der Waals surface area contributed by atoms with Crippen LogP contribution in [0.25, 0.3) is 0 Å². The first-order chi connectivity index (χ1) is 16.3. The molecule has 0 aliphatic heterocycles. The number of anilines is 2. The van der Waals surface area contributed by atoms with Crippen molar-refractivity contribution in [1.29, 1.82) is 0 Å². The zero-order valence-corrected chi connectivity index (χ0v) is 20.7. The molecule has 4 rings (SSSR count). The van der Waals surface area contributed by atoms with Gasteiger partial charge in [0.15, 0.2) is 0 Å². The van der Waals surface area contributed by atoms with Crippen molar-refractivity contribution >= 4 is 43.9 Å². The fourth-order valence-electron chi connectivity index (χ4n) is 4.04. The molecule has 9 heteroatoms. The maximum absolute atomic E-state index is 13.0. The van der Waals surface area contributed by atoms with Gasteiger partial charge in [0.2, 0.25) is 0 Å². The first-order valence-electron chi connectivity index (χ1n) is 11.0. The van der Waals surface area contributed by atoms with Crippen LogP contribution in [0.3, 0.4) is 0 Å². The van der Waals surface area contributed by atoms with Gasteiger partial charge in [0.1, 0.15) is 5.00 Å². The molecule has 0 atom stereocenters. The van der Waals surface area contributed by atoms with Crippen molar-refractivity contribution < 1.29 is 22.7 Å². The lowest BCUT2D eigenvalue weighted by atomic mass is 10.1. The molecule has 0 saturated heterocycles. The van der Waals surface area contributed by atoms with E-state index in [4.69, 9.17) is 4.74 Å². The van der Waals surface area contributed by atoms with Crippen molar-refractivity contribution in [1.82, 2.24) is 0 Å². The molecule has 1 aromatic heterocycles. The predicted octanol–water partition coefficient (Wildman–Crippen LogP) is 4.88. The average Bonchev–Trinajstić information content (AvgIpc) is 3.03. The van der Waals surface area contributed by atoms with Crippen molar-refractivity contribution in [3.63, 3.8) is 0 Å². The summed E-state index contributed by atoms with van der Waals surface area (Å²) in [7, 11) is -0.958. The van der Waals surface area contributed by atoms with Crippen LogP contribution in [0.4, 0.5) is 10.7 Å². The fourth-order valence-corrected chi connectivity index (χ4v) is 6.51. The molecule has 34 heavy (non-hydrogen) atoms. The number of sulfonamides is 1. The second-order valence-electron chi connectivity index (χ2n) is 8.05. The molecule has 2 aromatic carbocycles. The Labute approximate surface area is 203 Å². The minimum Gasteiger partial charge on any atom is -0.465 e. The standard InChI is InChI=1S/C25H26N2O5S2/c1-27(18-9-5-3-6-10-18)34(30,31)19-15-13-17(14-16-19)23(28)26-24-22(25(29)32-2)20-11-7-4-8-12-21(20)33-24/h3,5-6,9-10,13-16H,4,7-8,11-12H2,1-2H3,(H,26,28). The molecule has 0 fully saturated rings. The molecule has 3 aromatic rings. The van der Waals surface area contributed by atoms with Crippen molar-refractivity contribution in [2.45, 2.75) is 37.0 Å². The van der Waals surface area contributed by atoms with E-state index in [-0.39, 0.29) is 4.90 Å². The quantitative estimate of drug-likeness (QED) is 0.386. The molecule has 0 unspecified atom stereocenters. The van der Waals surface area contributed by atoms with Crippen LogP contribution in [0.1, 0.15) is 50.4 Å². The first-order valence-corrected chi connectivity index (χ1v) is 13.3. The van der Waals surface area contributed by atoms with E-state index in [0.29, 0.717) is 21.8 Å². The van der Waals surface area contributed by atoms with Gasteiger partial charge in [-0.15, -0.1) is 11.3 Å². The van der Waals surface area contributed by atoms with Crippen LogP contribution in [0.15, 0.2) is 59.5 Å². The Balaban J connectivity index is 1.57. The predicted molar refractivity (Wildman–Crippen MR) is 133 cm³/mol. The third kappa shape index (κ3) is 4.71. The fraction of sp³-hybridized carbons (Fsp3) is 0.280. The highest BCUT2D eigenvalue weighted by atomic mass is 32.2. The first kappa shape index (κ1) is 24.0. The number of esters is 1. The highest BCUT2D eigenvalue weighted by Gasteiger charge is 2.27. The van der Waals surface area contributed by atoms with Crippen molar-refractivity contribution in [3.05, 3.63) is 76.2 Å². The highest BCUT2D eigenvalue weighted by molar-refractivity contribution is 7.92. The Hall–Kier alpha value is -3.17. The van der Waals surface area contributed by atoms with Crippen LogP contribution >= 0.6 is 11.3 Å². The third-order valence-electron chi connectivity index (χ3n) is 5.93. The number of hydrogen-bond acceptors (Lipinski definition) is 6. The zero-order chi connectivity index (χ0) is 24.3. The molecule has 1 aliphatic carbocycles. The summed E-state index contributed by atoms with van der Waals surface area (Å²) in [5.41, 5.74) is 2.23. The Morgan fingerprint density at radius 1 is 0.971 bits per heavy atom. The van der Waals surface area contributed by atoms with Crippen LogP contribution in [0.2, 0.25) is 0 Å². The number of rotatable bonds is 6. The van der Waals surface area contributed by atoms with E-state index in [1.54, 1.807) is 24.3 Å². The van der Waals surface area contributed by atoms with Gasteiger partial charge in [0.05, 0.1) is 23.3 Å². The number of benzene rings is 2. The number of thiophene rings is 1. The van der Waals surface area contributed by atoms with E-state index >= 15 is 0 Å². The number of methoxy groups -OCH3 is 1. The number of hydrogen-bond donors (Lipinski definition) is 1. The largest absolute Gasteiger partial charge is 0.465 e. The van der Waals surface area contributed by atoms with Gasteiger partial charge in [-0.2, -0.15) is 0 Å². The molecule has 1 aliphatic rings. The van der Waals surface area contributed by atoms with Gasteiger partial charge in [-0.05, 0) is 67.6 Å². The number of nitrogens with zero attached hydrogens (tertiary/aromatic N) is 1. The van der Waals surface area contributed by atoms with E-state index in [1.165, 1.54) is 54.1 Å². The van der Waals surface area contributed by atoms with Crippen LogP contribution < -0.4 is 9.62 Å². The summed E-state index contributed by atoms with van der Waals surface area (Å²) in [6.07, 6.45) is 4.82. The second kappa shape index (κ2) is 9.99. The summed E-state index contributed by atoms with van der Waals surface area (Å²) in [5, 5.41) is 3.32. The topological polar surface area (TPSA) is 92.8 Å². The molecule has 0 bridgehead atoms. The van der Waals surface area contributed by atoms with E-state index in [2.05, 4.69) is 5.32 Å². The summed E-state index contributed by atoms with van der Waals surface area (Å²) in [4.78, 5) is 26.6. The van der Waals surface area contributed by atoms with Gasteiger partial charge in [-0.25, -0.2) is 13.2 Å². The summed E-state index contributed by atoms with van der Waals surface area (Å²) in [5.74, 6) is -0.873. The second-order valence-corrected chi connectivity index (χ2v) is 11.1. The zero-order valence-electron chi connectivity index (χ0n) is 19.0. The van der Waals surface area contributed by atoms with Gasteiger partial charge in [-0.3, -0.25) is 9.10 Å². The minimum atomic E-state index is -3.78. The molecule has 7 nitrogen and oxygen atoms in total. The Morgan fingerprint density at radius 2 is 1.65 bits per heavy atom. The van der Waals surface area contributed by atoms with E-state index < -0.39 is 21.9 Å².